The highest BCUT2D eigenvalue weighted by Gasteiger charge is 2.06. The van der Waals surface area contributed by atoms with Gasteiger partial charge < -0.3 is 10.2 Å². The molecule has 0 aliphatic carbocycles. The fourth-order valence-electron chi connectivity index (χ4n) is 0.878. The van der Waals surface area contributed by atoms with E-state index >= 15 is 0 Å². The zero-order valence-electron chi connectivity index (χ0n) is 7.99. The van der Waals surface area contributed by atoms with E-state index < -0.39 is 0 Å². The third kappa shape index (κ3) is 2.95. The molecule has 1 N–H and O–H groups in total. The van der Waals surface area contributed by atoms with E-state index in [2.05, 4.69) is 31.2 Å². The minimum Gasteiger partial charge on any atom is -0.358 e. The number of halogens is 1. The van der Waals surface area contributed by atoms with E-state index in [0.29, 0.717) is 10.4 Å². The maximum absolute atomic E-state index is 11.1. The van der Waals surface area contributed by atoms with Crippen LogP contribution in [0.4, 0.5) is 5.82 Å². The predicted octanol–water partition coefficient (Wildman–Crippen LogP) is 0.421. The van der Waals surface area contributed by atoms with Crippen LogP contribution in [0.25, 0.3) is 0 Å². The fourth-order valence-corrected chi connectivity index (χ4v) is 1.08. The Morgan fingerprint density at radius 3 is 2.79 bits per heavy atom. The highest BCUT2D eigenvalue weighted by atomic mass is 79.9. The molecule has 1 heterocycles. The van der Waals surface area contributed by atoms with E-state index in [-0.39, 0.29) is 12.5 Å². The Hall–Kier alpha value is -1.17. The summed E-state index contributed by atoms with van der Waals surface area (Å²) in [5.74, 6) is 0.606. The average Bonchev–Trinajstić information content (AvgIpc) is 2.18. The van der Waals surface area contributed by atoms with Gasteiger partial charge in [0.15, 0.2) is 0 Å². The van der Waals surface area contributed by atoms with Crippen molar-refractivity contribution < 1.29 is 4.79 Å². The van der Waals surface area contributed by atoms with Gasteiger partial charge in [-0.05, 0) is 15.9 Å². The summed E-state index contributed by atoms with van der Waals surface area (Å²) < 4.78 is 0.676. The molecule has 0 atom stereocenters. The van der Waals surface area contributed by atoms with Gasteiger partial charge in [-0.1, -0.05) is 0 Å². The lowest BCUT2D eigenvalue weighted by atomic mass is 10.5. The van der Waals surface area contributed by atoms with Crippen molar-refractivity contribution in [1.82, 2.24) is 15.3 Å². The Bertz CT molecular complexity index is 314. The number of nitrogens with zero attached hydrogens (tertiary/aromatic N) is 3. The second-order valence-electron chi connectivity index (χ2n) is 2.73. The van der Waals surface area contributed by atoms with Gasteiger partial charge in [-0.25, -0.2) is 9.97 Å². The maximum Gasteiger partial charge on any atom is 0.239 e. The smallest absolute Gasteiger partial charge is 0.239 e. The number of carbonyl (C=O) groups excluding carboxylic acids is 1. The Kier molecular flexibility index (Phi) is 3.82. The summed E-state index contributed by atoms with van der Waals surface area (Å²) in [5.41, 5.74) is 0. The van der Waals surface area contributed by atoms with E-state index in [1.54, 1.807) is 31.4 Å². The van der Waals surface area contributed by atoms with E-state index in [9.17, 15) is 4.79 Å². The molecule has 1 amide bonds. The molecule has 1 rings (SSSR count). The van der Waals surface area contributed by atoms with E-state index in [1.807, 2.05) is 0 Å². The number of rotatable bonds is 3. The fraction of sp³-hybridized carbons (Fsp3) is 0.375. The van der Waals surface area contributed by atoms with Gasteiger partial charge in [0.05, 0.1) is 18.9 Å². The normalized spacial score (nSPS) is 9.64. The summed E-state index contributed by atoms with van der Waals surface area (Å²) in [5, 5.41) is 2.54. The lowest BCUT2D eigenvalue weighted by Gasteiger charge is -2.15. The maximum atomic E-state index is 11.1. The van der Waals surface area contributed by atoms with Crippen LogP contribution in [0.3, 0.4) is 0 Å². The lowest BCUT2D eigenvalue weighted by Crippen LogP contribution is -2.33. The van der Waals surface area contributed by atoms with Crippen molar-refractivity contribution >= 4 is 27.7 Å². The van der Waals surface area contributed by atoms with Gasteiger partial charge >= 0.3 is 0 Å². The first kappa shape index (κ1) is 10.9. The summed E-state index contributed by atoms with van der Waals surface area (Å²) >= 11 is 3.19. The molecule has 76 valence electrons. The molecule has 5 nitrogen and oxygen atoms in total. The molecular formula is C8H11BrN4O. The van der Waals surface area contributed by atoms with Crippen LogP contribution in [0.5, 0.6) is 0 Å². The largest absolute Gasteiger partial charge is 0.358 e. The highest BCUT2D eigenvalue weighted by molar-refractivity contribution is 9.10. The second-order valence-corrected chi connectivity index (χ2v) is 3.54. The zero-order valence-corrected chi connectivity index (χ0v) is 9.58. The minimum absolute atomic E-state index is 0.0581. The van der Waals surface area contributed by atoms with E-state index in [4.69, 9.17) is 0 Å². The third-order valence-electron chi connectivity index (χ3n) is 1.66. The van der Waals surface area contributed by atoms with Crippen LogP contribution in [-0.4, -0.2) is 36.5 Å². The molecule has 0 radical (unpaired) electrons. The van der Waals surface area contributed by atoms with E-state index in [0.717, 1.165) is 0 Å². The molecule has 6 heteroatoms. The Morgan fingerprint density at radius 2 is 2.29 bits per heavy atom. The number of hydrogen-bond donors (Lipinski definition) is 1. The van der Waals surface area contributed by atoms with Crippen molar-refractivity contribution in [2.45, 2.75) is 0 Å². The molecule has 1 aromatic rings. The van der Waals surface area contributed by atoms with Crippen molar-refractivity contribution in [1.29, 1.82) is 0 Å². The SMILES string of the molecule is CNC(=O)CN(C)c1cnc(Br)cn1. The minimum atomic E-state index is -0.0581. The van der Waals surface area contributed by atoms with Crippen LogP contribution in [0.15, 0.2) is 17.0 Å². The van der Waals surface area contributed by atoms with Gasteiger partial charge in [0.2, 0.25) is 5.91 Å². The highest BCUT2D eigenvalue weighted by Crippen LogP contribution is 2.09. The molecule has 0 fully saturated rings. The molecular weight excluding hydrogens is 248 g/mol. The van der Waals surface area contributed by atoms with Gasteiger partial charge in [0, 0.05) is 14.1 Å². The van der Waals surface area contributed by atoms with Crippen LogP contribution < -0.4 is 10.2 Å². The summed E-state index contributed by atoms with van der Waals surface area (Å²) in [6.45, 7) is 0.271. The molecule has 0 aromatic carbocycles. The first-order valence-electron chi connectivity index (χ1n) is 4.02. The van der Waals surface area contributed by atoms with Gasteiger partial charge in [0.25, 0.3) is 0 Å². The van der Waals surface area contributed by atoms with Crippen molar-refractivity contribution in [3.05, 3.63) is 17.0 Å². The summed E-state index contributed by atoms with van der Waals surface area (Å²) in [6.07, 6.45) is 3.20. The molecule has 0 aliphatic rings. The zero-order chi connectivity index (χ0) is 10.6. The van der Waals surface area contributed by atoms with Gasteiger partial charge in [-0.2, -0.15) is 0 Å². The van der Waals surface area contributed by atoms with Crippen LogP contribution in [-0.2, 0) is 4.79 Å². The van der Waals surface area contributed by atoms with Crippen molar-refractivity contribution in [3.8, 4) is 0 Å². The lowest BCUT2D eigenvalue weighted by molar-refractivity contribution is -0.119. The standard InChI is InChI=1S/C8H11BrN4O/c1-10-8(14)5-13(2)7-4-11-6(9)3-12-7/h3-4H,5H2,1-2H3,(H,10,14). The van der Waals surface area contributed by atoms with Crippen LogP contribution >= 0.6 is 15.9 Å². The van der Waals surface area contributed by atoms with Gasteiger partial charge in [-0.3, -0.25) is 4.79 Å². The molecule has 14 heavy (non-hydrogen) atoms. The molecule has 0 unspecified atom stereocenters. The molecule has 0 bridgehead atoms. The molecule has 0 saturated carbocycles. The number of aromatic nitrogens is 2. The number of nitrogens with one attached hydrogen (secondary N) is 1. The summed E-state index contributed by atoms with van der Waals surface area (Å²) in [4.78, 5) is 20.9. The van der Waals surface area contributed by atoms with Gasteiger partial charge in [-0.15, -0.1) is 0 Å². The monoisotopic (exact) mass is 258 g/mol. The first-order chi connectivity index (χ1) is 6.63. The molecule has 0 spiro atoms. The predicted molar refractivity (Wildman–Crippen MR) is 57.1 cm³/mol. The van der Waals surface area contributed by atoms with Crippen LogP contribution in [0, 0.1) is 0 Å². The third-order valence-corrected chi connectivity index (χ3v) is 2.07. The Balaban J connectivity index is 2.65. The molecule has 0 aliphatic heterocycles. The molecule has 1 aromatic heterocycles. The van der Waals surface area contributed by atoms with Gasteiger partial charge in [0.1, 0.15) is 10.4 Å². The van der Waals surface area contributed by atoms with Crippen LogP contribution in [0.1, 0.15) is 0 Å². The molecule has 0 saturated heterocycles. The quantitative estimate of drug-likeness (QED) is 0.854. The number of anilines is 1. The average molecular weight is 259 g/mol. The first-order valence-corrected chi connectivity index (χ1v) is 4.82. The van der Waals surface area contributed by atoms with Crippen LogP contribution in [0.2, 0.25) is 0 Å². The van der Waals surface area contributed by atoms with Crippen molar-refractivity contribution in [2.24, 2.45) is 0 Å². The van der Waals surface area contributed by atoms with E-state index in [1.165, 1.54) is 0 Å². The second kappa shape index (κ2) is 4.90. The number of hydrogen-bond acceptors (Lipinski definition) is 4. The number of carbonyl (C=O) groups is 1. The number of likely N-dealkylation sites (N-methyl/N-ethyl adjacent to an activating group) is 2. The Morgan fingerprint density at radius 1 is 1.57 bits per heavy atom. The van der Waals surface area contributed by atoms with Crippen molar-refractivity contribution in [3.63, 3.8) is 0 Å². The summed E-state index contributed by atoms with van der Waals surface area (Å²) in [7, 11) is 3.39. The Labute approximate surface area is 90.7 Å². The topological polar surface area (TPSA) is 58.1 Å². The number of amides is 1. The summed E-state index contributed by atoms with van der Waals surface area (Å²) in [6, 6.07) is 0. The van der Waals surface area contributed by atoms with Crippen molar-refractivity contribution in [2.75, 3.05) is 25.5 Å².